The van der Waals surface area contributed by atoms with E-state index in [1.54, 1.807) is 0 Å². The molecule has 6 heteroatoms. The first-order valence-corrected chi connectivity index (χ1v) is 14.9. The molecule has 1 aliphatic carbocycles. The van der Waals surface area contributed by atoms with E-state index in [0.29, 0.717) is 45.4 Å². The number of halogens is 2. The second-order valence-electron chi connectivity index (χ2n) is 9.10. The number of nitrogens with one attached hydrogen (secondary N) is 1. The number of unbranched alkanes of at least 4 members (excludes halogenated alkanes) is 2. The summed E-state index contributed by atoms with van der Waals surface area (Å²) in [4.78, 5) is 13.3. The minimum atomic E-state index is -0.0880. The minimum absolute atomic E-state index is 0.0880. The molecule has 2 saturated heterocycles. The molecule has 0 aromatic heterocycles. The molecule has 3 heterocycles. The van der Waals surface area contributed by atoms with Gasteiger partial charge in [-0.2, -0.15) is 0 Å². The van der Waals surface area contributed by atoms with Crippen LogP contribution < -0.4 is 26.6 Å². The molecule has 0 aromatic carbocycles. The molecule has 0 amide bonds. The zero-order valence-electron chi connectivity index (χ0n) is 17.5. The third-order valence-electron chi connectivity index (χ3n) is 6.75. The molecule has 0 bridgehead atoms. The van der Waals surface area contributed by atoms with E-state index < -0.39 is 0 Å². The monoisotopic (exact) mass is 533 g/mol. The van der Waals surface area contributed by atoms with Crippen molar-refractivity contribution in [2.24, 2.45) is 17.8 Å². The number of Topliss-reactive ketones (excluding diaryl/α,β-unsaturated/α-hetero) is 1. The van der Waals surface area contributed by atoms with Crippen LogP contribution in [-0.2, 0) is 9.53 Å². The molecule has 2 fully saturated rings. The van der Waals surface area contributed by atoms with Crippen molar-refractivity contribution in [1.82, 2.24) is 10.4 Å². The molecule has 164 valence electrons. The van der Waals surface area contributed by atoms with E-state index in [1.165, 1.54) is 27.3 Å². The van der Waals surface area contributed by atoms with Crippen LogP contribution in [0.5, 0.6) is 0 Å². The third kappa shape index (κ3) is 5.21. The molecule has 0 aromatic rings. The van der Waals surface area contributed by atoms with E-state index in [1.807, 2.05) is 0 Å². The number of carbonyl (C=O) groups is 1. The van der Waals surface area contributed by atoms with Crippen molar-refractivity contribution in [3.63, 3.8) is 0 Å². The first-order valence-electron chi connectivity index (χ1n) is 11.4. The van der Waals surface area contributed by atoms with Crippen molar-refractivity contribution in [3.05, 3.63) is 23.5 Å². The standard InChI is InChI=1S/C23H35ClIN2O2/c1-16-7-8-18-21(12-16)29-15-19-22(20(28)13-17-6-5-10-25-14-17)26-27(23(18)19)11-4-2-3-9-24/h7-8,16-17,19,22-23,26H,2-6,9-15H2,1H3/q-1/t16?,17?,19?,22-,23?/m1/s1. The topological polar surface area (TPSA) is 41.6 Å². The van der Waals surface area contributed by atoms with Crippen molar-refractivity contribution in [2.45, 2.75) is 64.0 Å². The number of hydrazine groups is 1. The fraction of sp³-hybridized carbons (Fsp3) is 0.783. The number of ketones is 1. The normalized spacial score (nSPS) is 34.9. The van der Waals surface area contributed by atoms with Crippen LogP contribution in [0.4, 0.5) is 0 Å². The van der Waals surface area contributed by atoms with Crippen LogP contribution in [0, 0.1) is 17.8 Å². The van der Waals surface area contributed by atoms with Crippen molar-refractivity contribution in [2.75, 3.05) is 27.9 Å². The van der Waals surface area contributed by atoms with Gasteiger partial charge >= 0.3 is 180 Å². The molecule has 5 atom stereocenters. The zero-order valence-corrected chi connectivity index (χ0v) is 20.5. The Balaban J connectivity index is 1.48. The summed E-state index contributed by atoms with van der Waals surface area (Å²) in [6.45, 7) is 3.88. The van der Waals surface area contributed by atoms with Gasteiger partial charge < -0.3 is 0 Å². The van der Waals surface area contributed by atoms with E-state index >= 15 is 0 Å². The third-order valence-corrected chi connectivity index (χ3v) is 10.4. The summed E-state index contributed by atoms with van der Waals surface area (Å²) in [6.07, 6.45) is 12.2. The number of hydrogen-bond acceptors (Lipinski definition) is 4. The predicted octanol–water partition coefficient (Wildman–Crippen LogP) is 0.908. The summed E-state index contributed by atoms with van der Waals surface area (Å²) in [5.74, 6) is 3.69. The summed E-state index contributed by atoms with van der Waals surface area (Å²) in [6, 6.07) is 0.182. The maximum absolute atomic E-state index is 13.3. The fourth-order valence-electron chi connectivity index (χ4n) is 5.20. The zero-order chi connectivity index (χ0) is 20.2. The summed E-state index contributed by atoms with van der Waals surface area (Å²) in [7, 11) is 0. The van der Waals surface area contributed by atoms with Crippen LogP contribution in [0.3, 0.4) is 0 Å². The van der Waals surface area contributed by atoms with Crippen molar-refractivity contribution < 1.29 is 30.7 Å². The van der Waals surface area contributed by atoms with Gasteiger partial charge in [0.25, 0.3) is 0 Å². The molecule has 0 radical (unpaired) electrons. The molecular formula is C23H35ClIN2O2-. The van der Waals surface area contributed by atoms with Gasteiger partial charge in [0.2, 0.25) is 0 Å². The Labute approximate surface area is 191 Å². The first kappa shape index (κ1) is 22.1. The van der Waals surface area contributed by atoms with E-state index in [0.717, 1.165) is 50.3 Å². The first-order chi connectivity index (χ1) is 14.2. The molecule has 3 aliphatic heterocycles. The second kappa shape index (κ2) is 10.5. The quantitative estimate of drug-likeness (QED) is 0.286. The Morgan fingerprint density at radius 3 is 3.07 bits per heavy atom. The molecule has 29 heavy (non-hydrogen) atoms. The molecule has 1 N–H and O–H groups in total. The van der Waals surface area contributed by atoms with E-state index in [4.69, 9.17) is 16.3 Å². The van der Waals surface area contributed by atoms with E-state index in [-0.39, 0.29) is 18.0 Å². The summed E-state index contributed by atoms with van der Waals surface area (Å²) < 4.78 is 9.00. The average molecular weight is 534 g/mol. The van der Waals surface area contributed by atoms with Crippen molar-refractivity contribution in [1.29, 1.82) is 0 Å². The average Bonchev–Trinajstić information content (AvgIpc) is 3.11. The number of carbonyl (C=O) groups excluding carboxylic acids is 1. The number of nitrogens with zero attached hydrogens (tertiary/aromatic N) is 1. The van der Waals surface area contributed by atoms with Crippen LogP contribution in [0.15, 0.2) is 23.5 Å². The molecule has 0 saturated carbocycles. The van der Waals surface area contributed by atoms with Gasteiger partial charge in [0.15, 0.2) is 0 Å². The maximum atomic E-state index is 13.3. The second-order valence-corrected chi connectivity index (χ2v) is 12.5. The Morgan fingerprint density at radius 2 is 2.28 bits per heavy atom. The van der Waals surface area contributed by atoms with Gasteiger partial charge in [-0.3, -0.25) is 0 Å². The van der Waals surface area contributed by atoms with Gasteiger partial charge in [0.1, 0.15) is 0 Å². The SMILES string of the molecule is CC1C=CC2=C(C1)OCC1C2N(CCCCCCl)N[C@H]1C(=O)CC1CCC[I-]C1. The Morgan fingerprint density at radius 1 is 1.38 bits per heavy atom. The van der Waals surface area contributed by atoms with Crippen LogP contribution in [0.2, 0.25) is 0 Å². The van der Waals surface area contributed by atoms with Gasteiger partial charge in [0, 0.05) is 0 Å². The summed E-state index contributed by atoms with van der Waals surface area (Å²) >= 11 is 6.21. The van der Waals surface area contributed by atoms with Crippen molar-refractivity contribution >= 4 is 17.4 Å². The van der Waals surface area contributed by atoms with Crippen molar-refractivity contribution in [3.8, 4) is 0 Å². The summed E-state index contributed by atoms with van der Waals surface area (Å²) in [5, 5.41) is 2.37. The predicted molar refractivity (Wildman–Crippen MR) is 113 cm³/mol. The molecule has 4 unspecified atom stereocenters. The fourth-order valence-corrected chi connectivity index (χ4v) is 8.44. The molecule has 4 aliphatic rings. The molecule has 4 rings (SSSR count). The Kier molecular flexibility index (Phi) is 7.98. The van der Waals surface area contributed by atoms with Crippen LogP contribution in [0.1, 0.15) is 51.9 Å². The number of rotatable bonds is 8. The van der Waals surface area contributed by atoms with Gasteiger partial charge in [0.05, 0.1) is 0 Å². The summed E-state index contributed by atoms with van der Waals surface area (Å²) in [5.41, 5.74) is 4.96. The molecule has 4 nitrogen and oxygen atoms in total. The number of allylic oxidation sites excluding steroid dienone is 2. The van der Waals surface area contributed by atoms with Crippen LogP contribution >= 0.6 is 11.6 Å². The molecule has 0 spiro atoms. The number of ether oxygens (including phenoxy) is 1. The molecular weight excluding hydrogens is 499 g/mol. The van der Waals surface area contributed by atoms with Crippen LogP contribution in [-0.4, -0.2) is 50.8 Å². The van der Waals surface area contributed by atoms with Gasteiger partial charge in [-0.15, -0.1) is 11.6 Å². The number of fused-ring (bicyclic) bond motifs is 2. The van der Waals surface area contributed by atoms with Crippen LogP contribution in [0.25, 0.3) is 0 Å². The van der Waals surface area contributed by atoms with Gasteiger partial charge in [-0.05, 0) is 0 Å². The van der Waals surface area contributed by atoms with E-state index in [9.17, 15) is 4.79 Å². The van der Waals surface area contributed by atoms with Gasteiger partial charge in [-0.25, -0.2) is 0 Å². The Bertz CT molecular complexity index is 647. The van der Waals surface area contributed by atoms with E-state index in [2.05, 4.69) is 29.5 Å². The number of alkyl halides is 3. The van der Waals surface area contributed by atoms with Gasteiger partial charge in [-0.1, -0.05) is 0 Å². The Hall–Kier alpha value is -0.110. The number of hydrogen-bond donors (Lipinski definition) is 1.